The summed E-state index contributed by atoms with van der Waals surface area (Å²) in [7, 11) is 1.81. The third-order valence-electron chi connectivity index (χ3n) is 4.28. The maximum atomic E-state index is 14.5. The summed E-state index contributed by atoms with van der Waals surface area (Å²) in [5.41, 5.74) is 4.10. The number of halogens is 1. The van der Waals surface area contributed by atoms with Gasteiger partial charge in [-0.2, -0.15) is 10.2 Å². The van der Waals surface area contributed by atoms with Crippen LogP contribution in [-0.4, -0.2) is 24.4 Å². The number of rotatable bonds is 4. The number of benzene rings is 1. The van der Waals surface area contributed by atoms with Gasteiger partial charge in [-0.3, -0.25) is 4.68 Å². The smallest absolute Gasteiger partial charge is 0.153 e. The molecule has 0 aliphatic carbocycles. The van der Waals surface area contributed by atoms with E-state index in [9.17, 15) is 4.39 Å². The van der Waals surface area contributed by atoms with Crippen molar-refractivity contribution in [1.29, 1.82) is 0 Å². The average molecular weight is 323 g/mol. The molecule has 24 heavy (non-hydrogen) atoms. The molecule has 0 aliphatic rings. The molecule has 5 nitrogen and oxygen atoms in total. The zero-order valence-corrected chi connectivity index (χ0v) is 13.7. The maximum Gasteiger partial charge on any atom is 0.153 e. The first-order valence-corrected chi connectivity index (χ1v) is 8.08. The van der Waals surface area contributed by atoms with E-state index in [1.165, 1.54) is 6.07 Å². The molecule has 4 aromatic rings. The van der Waals surface area contributed by atoms with Gasteiger partial charge in [-0.1, -0.05) is 13.3 Å². The Hall–Kier alpha value is -2.76. The minimum absolute atomic E-state index is 0.231. The molecule has 0 saturated carbocycles. The van der Waals surface area contributed by atoms with Gasteiger partial charge in [-0.05, 0) is 30.2 Å². The van der Waals surface area contributed by atoms with Gasteiger partial charge in [0, 0.05) is 24.9 Å². The van der Waals surface area contributed by atoms with Crippen molar-refractivity contribution >= 4 is 16.6 Å². The predicted octanol–water partition coefficient (Wildman–Crippen LogP) is 3.30. The van der Waals surface area contributed by atoms with Crippen LogP contribution in [-0.2, 0) is 19.9 Å². The SMILES string of the molecule is CCCc1ccc2ncc(Cc3cc4cnn(C)c4cc3F)n2n1. The molecule has 1 aromatic carbocycles. The van der Waals surface area contributed by atoms with Crippen molar-refractivity contribution < 1.29 is 4.39 Å². The standard InChI is InChI=1S/C18H18FN5/c1-3-4-14-5-6-18-20-11-15(24(18)22-14)8-12-7-13-10-21-23(2)17(13)9-16(12)19/h5-7,9-11H,3-4,8H2,1-2H3. The van der Waals surface area contributed by atoms with E-state index in [-0.39, 0.29) is 5.82 Å². The van der Waals surface area contributed by atoms with E-state index in [0.29, 0.717) is 12.0 Å². The van der Waals surface area contributed by atoms with Crippen molar-refractivity contribution in [2.24, 2.45) is 7.05 Å². The minimum Gasteiger partial charge on any atom is -0.268 e. The first kappa shape index (κ1) is 14.8. The van der Waals surface area contributed by atoms with Crippen molar-refractivity contribution in [2.75, 3.05) is 0 Å². The molecule has 3 aromatic heterocycles. The molecule has 0 atom stereocenters. The van der Waals surface area contributed by atoms with Gasteiger partial charge in [0.2, 0.25) is 0 Å². The summed E-state index contributed by atoms with van der Waals surface area (Å²) >= 11 is 0. The summed E-state index contributed by atoms with van der Waals surface area (Å²) in [6.07, 6.45) is 5.92. The monoisotopic (exact) mass is 323 g/mol. The van der Waals surface area contributed by atoms with E-state index in [0.717, 1.165) is 40.8 Å². The van der Waals surface area contributed by atoms with E-state index in [2.05, 4.69) is 22.1 Å². The molecule has 4 rings (SSSR count). The molecule has 0 saturated heterocycles. The van der Waals surface area contributed by atoms with Gasteiger partial charge in [-0.15, -0.1) is 0 Å². The van der Waals surface area contributed by atoms with E-state index in [1.807, 2.05) is 29.8 Å². The molecular weight excluding hydrogens is 305 g/mol. The Morgan fingerprint density at radius 2 is 2.04 bits per heavy atom. The van der Waals surface area contributed by atoms with Crippen molar-refractivity contribution in [2.45, 2.75) is 26.2 Å². The van der Waals surface area contributed by atoms with Crippen molar-refractivity contribution in [3.05, 3.63) is 59.4 Å². The quantitative estimate of drug-likeness (QED) is 0.579. The topological polar surface area (TPSA) is 48.0 Å². The maximum absolute atomic E-state index is 14.5. The highest BCUT2D eigenvalue weighted by molar-refractivity contribution is 5.79. The Bertz CT molecular complexity index is 1030. The Balaban J connectivity index is 1.76. The Morgan fingerprint density at radius 3 is 2.88 bits per heavy atom. The van der Waals surface area contributed by atoms with Gasteiger partial charge < -0.3 is 0 Å². The molecule has 3 heterocycles. The van der Waals surface area contributed by atoms with E-state index in [4.69, 9.17) is 0 Å². The number of imidazole rings is 1. The largest absolute Gasteiger partial charge is 0.268 e. The highest BCUT2D eigenvalue weighted by Crippen LogP contribution is 2.21. The van der Waals surface area contributed by atoms with Gasteiger partial charge in [-0.25, -0.2) is 13.9 Å². The fraction of sp³-hybridized carbons (Fsp3) is 0.278. The van der Waals surface area contributed by atoms with Crippen molar-refractivity contribution in [3.63, 3.8) is 0 Å². The normalized spacial score (nSPS) is 11.6. The Kier molecular flexibility index (Phi) is 3.52. The lowest BCUT2D eigenvalue weighted by Gasteiger charge is -2.06. The third-order valence-corrected chi connectivity index (χ3v) is 4.28. The summed E-state index contributed by atoms with van der Waals surface area (Å²) in [6.45, 7) is 2.12. The molecule has 6 heteroatoms. The zero-order chi connectivity index (χ0) is 16.7. The predicted molar refractivity (Wildman–Crippen MR) is 90.5 cm³/mol. The van der Waals surface area contributed by atoms with Crippen LogP contribution in [0.3, 0.4) is 0 Å². The summed E-state index contributed by atoms with van der Waals surface area (Å²) in [4.78, 5) is 4.37. The lowest BCUT2D eigenvalue weighted by Crippen LogP contribution is -2.03. The summed E-state index contributed by atoms with van der Waals surface area (Å²) in [5.74, 6) is -0.231. The highest BCUT2D eigenvalue weighted by atomic mass is 19.1. The second-order valence-corrected chi connectivity index (χ2v) is 6.04. The number of nitrogens with zero attached hydrogens (tertiary/aromatic N) is 5. The van der Waals surface area contributed by atoms with Crippen LogP contribution in [0.4, 0.5) is 4.39 Å². The Morgan fingerprint density at radius 1 is 1.17 bits per heavy atom. The molecule has 0 spiro atoms. The van der Waals surface area contributed by atoms with E-state index < -0.39 is 0 Å². The summed E-state index contributed by atoms with van der Waals surface area (Å²) < 4.78 is 18.0. The lowest BCUT2D eigenvalue weighted by molar-refractivity contribution is 0.612. The molecule has 0 radical (unpaired) electrons. The number of aromatic nitrogens is 5. The first-order chi connectivity index (χ1) is 11.7. The fourth-order valence-electron chi connectivity index (χ4n) is 3.02. The van der Waals surface area contributed by atoms with Crippen LogP contribution in [0, 0.1) is 5.82 Å². The van der Waals surface area contributed by atoms with Crippen LogP contribution in [0.1, 0.15) is 30.3 Å². The Labute approximate surface area is 138 Å². The summed E-state index contributed by atoms with van der Waals surface area (Å²) in [6, 6.07) is 7.35. The highest BCUT2D eigenvalue weighted by Gasteiger charge is 2.12. The van der Waals surface area contributed by atoms with Gasteiger partial charge >= 0.3 is 0 Å². The van der Waals surface area contributed by atoms with E-state index in [1.54, 1.807) is 17.1 Å². The van der Waals surface area contributed by atoms with Gasteiger partial charge in [0.05, 0.1) is 29.3 Å². The van der Waals surface area contributed by atoms with Gasteiger partial charge in [0.15, 0.2) is 5.65 Å². The van der Waals surface area contributed by atoms with Gasteiger partial charge in [0.25, 0.3) is 0 Å². The van der Waals surface area contributed by atoms with Crippen LogP contribution < -0.4 is 0 Å². The van der Waals surface area contributed by atoms with Crippen molar-refractivity contribution in [3.8, 4) is 0 Å². The number of hydrogen-bond donors (Lipinski definition) is 0. The zero-order valence-electron chi connectivity index (χ0n) is 13.7. The number of hydrogen-bond acceptors (Lipinski definition) is 3. The molecule has 0 amide bonds. The molecule has 122 valence electrons. The van der Waals surface area contributed by atoms with E-state index >= 15 is 0 Å². The molecule has 0 N–H and O–H groups in total. The third kappa shape index (κ3) is 2.44. The second kappa shape index (κ2) is 5.70. The first-order valence-electron chi connectivity index (χ1n) is 8.08. The average Bonchev–Trinajstić information content (AvgIpc) is 3.13. The second-order valence-electron chi connectivity index (χ2n) is 6.04. The minimum atomic E-state index is -0.231. The van der Waals surface area contributed by atoms with Crippen LogP contribution in [0.25, 0.3) is 16.6 Å². The number of fused-ring (bicyclic) bond motifs is 2. The van der Waals surface area contributed by atoms with Crippen LogP contribution >= 0.6 is 0 Å². The molecule has 0 bridgehead atoms. The lowest BCUT2D eigenvalue weighted by atomic mass is 10.1. The molecular formula is C18H18FN5. The van der Waals surface area contributed by atoms with Crippen LogP contribution in [0.15, 0.2) is 36.7 Å². The number of aryl methyl sites for hydroxylation is 2. The molecule has 0 fully saturated rings. The molecule has 0 aliphatic heterocycles. The van der Waals surface area contributed by atoms with Gasteiger partial charge in [0.1, 0.15) is 5.82 Å². The van der Waals surface area contributed by atoms with Crippen LogP contribution in [0.5, 0.6) is 0 Å². The van der Waals surface area contributed by atoms with Crippen LogP contribution in [0.2, 0.25) is 0 Å². The van der Waals surface area contributed by atoms with Crippen molar-refractivity contribution in [1.82, 2.24) is 24.4 Å². The summed E-state index contributed by atoms with van der Waals surface area (Å²) in [5, 5.41) is 9.74. The molecule has 0 unspecified atom stereocenters. The fourth-order valence-corrected chi connectivity index (χ4v) is 3.02.